The Morgan fingerprint density at radius 3 is 2.21 bits per heavy atom. The van der Waals surface area contributed by atoms with E-state index in [1.54, 1.807) is 28.9 Å². The second-order valence-corrected chi connectivity index (χ2v) is 8.30. The highest BCUT2D eigenvalue weighted by Crippen LogP contribution is 2.24. The van der Waals surface area contributed by atoms with Gasteiger partial charge in [-0.2, -0.15) is 0 Å². The summed E-state index contributed by atoms with van der Waals surface area (Å²) >= 11 is 8.18. The first-order valence-electron chi connectivity index (χ1n) is 7.94. The van der Waals surface area contributed by atoms with Gasteiger partial charge in [0.2, 0.25) is 0 Å². The van der Waals surface area contributed by atoms with Crippen LogP contribution in [0.4, 0.5) is 0 Å². The number of hydroxylamine groups is 2. The van der Waals surface area contributed by atoms with Crippen molar-refractivity contribution in [2.75, 3.05) is 6.26 Å². The molecule has 0 unspecified atom stereocenters. The number of fused-ring (bicyclic) bond motifs is 1. The van der Waals surface area contributed by atoms with Crippen molar-refractivity contribution >= 4 is 53.1 Å². The zero-order chi connectivity index (χ0) is 19.8. The molecule has 0 saturated carbocycles. The Kier molecular flexibility index (Phi) is 4.84. The molecule has 3 aromatic rings. The number of rotatable bonds is 4. The van der Waals surface area contributed by atoms with Gasteiger partial charge in [0.15, 0.2) is 8.29 Å². The van der Waals surface area contributed by atoms with Crippen LogP contribution in [-0.4, -0.2) is 38.9 Å². The first-order chi connectivity index (χ1) is 13.5. The molecule has 0 bridgehead atoms. The molecule has 4 rings (SSSR count). The number of hydrogen-bond acceptors (Lipinski definition) is 8. The van der Waals surface area contributed by atoms with E-state index in [0.717, 1.165) is 4.34 Å². The predicted octanol–water partition coefficient (Wildman–Crippen LogP) is 3.75. The number of amides is 2. The fourth-order valence-corrected chi connectivity index (χ4v) is 4.41. The minimum atomic E-state index is -0.812. The van der Waals surface area contributed by atoms with Crippen molar-refractivity contribution in [2.24, 2.45) is 0 Å². The minimum Gasteiger partial charge on any atom is -0.324 e. The van der Waals surface area contributed by atoms with Crippen molar-refractivity contribution in [1.29, 1.82) is 0 Å². The summed E-state index contributed by atoms with van der Waals surface area (Å²) in [6.45, 7) is 0. The molecule has 7 nitrogen and oxygen atoms in total. The molecule has 0 N–H and O–H groups in total. The van der Waals surface area contributed by atoms with Crippen LogP contribution in [0.1, 0.15) is 31.1 Å². The van der Waals surface area contributed by atoms with Crippen LogP contribution in [-0.2, 0) is 4.84 Å². The molecule has 2 heterocycles. The smallest absolute Gasteiger partial charge is 0.324 e. The summed E-state index contributed by atoms with van der Waals surface area (Å²) in [6, 6.07) is 12.7. The van der Waals surface area contributed by atoms with E-state index in [2.05, 4.69) is 5.10 Å². The van der Waals surface area contributed by atoms with Crippen LogP contribution >= 0.6 is 35.3 Å². The molecule has 0 aliphatic carbocycles. The van der Waals surface area contributed by atoms with Crippen LogP contribution in [0.25, 0.3) is 5.69 Å². The lowest BCUT2D eigenvalue weighted by Crippen LogP contribution is -2.32. The maximum absolute atomic E-state index is 12.4. The van der Waals surface area contributed by atoms with E-state index in [-0.39, 0.29) is 16.7 Å². The van der Waals surface area contributed by atoms with Gasteiger partial charge in [-0.15, -0.1) is 5.10 Å². The van der Waals surface area contributed by atoms with Crippen molar-refractivity contribution in [1.82, 2.24) is 14.8 Å². The molecule has 0 radical (unpaired) electrons. The molecule has 1 aromatic heterocycles. The highest BCUT2D eigenvalue weighted by Gasteiger charge is 2.38. The third-order valence-corrected chi connectivity index (χ3v) is 6.19. The lowest BCUT2D eigenvalue weighted by atomic mass is 10.1. The highest BCUT2D eigenvalue weighted by molar-refractivity contribution is 8.00. The van der Waals surface area contributed by atoms with Gasteiger partial charge in [-0.3, -0.25) is 9.59 Å². The molecule has 0 atom stereocenters. The van der Waals surface area contributed by atoms with Crippen LogP contribution in [0.5, 0.6) is 0 Å². The van der Waals surface area contributed by atoms with Crippen molar-refractivity contribution in [3.8, 4) is 5.69 Å². The summed E-state index contributed by atoms with van der Waals surface area (Å²) in [7, 11) is 0. The van der Waals surface area contributed by atoms with Crippen molar-refractivity contribution < 1.29 is 19.2 Å². The summed E-state index contributed by atoms with van der Waals surface area (Å²) in [5.41, 5.74) is 1.29. The number of carbonyl (C=O) groups is 3. The van der Waals surface area contributed by atoms with Gasteiger partial charge in [-0.1, -0.05) is 40.3 Å². The molecule has 1 aliphatic rings. The first-order valence-corrected chi connectivity index (χ1v) is 10.4. The lowest BCUT2D eigenvalue weighted by Gasteiger charge is -2.12. The standard InChI is InChI=1S/C18H11N3O4S3/c1-27-17-19-20(18(26)28-17)11-8-6-10(7-9-11)16(24)25-21-14(22)12-4-2-3-5-13(12)15(21)23/h2-9H,1H3. The van der Waals surface area contributed by atoms with E-state index < -0.39 is 17.8 Å². The molecule has 10 heteroatoms. The largest absolute Gasteiger partial charge is 0.363 e. The average molecular weight is 430 g/mol. The number of benzene rings is 2. The zero-order valence-electron chi connectivity index (χ0n) is 14.3. The molecular weight excluding hydrogens is 418 g/mol. The molecule has 2 aromatic carbocycles. The highest BCUT2D eigenvalue weighted by atomic mass is 32.2. The Bertz CT molecular complexity index is 1130. The summed E-state index contributed by atoms with van der Waals surface area (Å²) in [5.74, 6) is -2.14. The van der Waals surface area contributed by atoms with Crippen molar-refractivity contribution in [2.45, 2.75) is 4.34 Å². The molecule has 140 valence electrons. The Hall–Kier alpha value is -2.82. The van der Waals surface area contributed by atoms with Gasteiger partial charge in [0.1, 0.15) is 0 Å². The van der Waals surface area contributed by atoms with Gasteiger partial charge in [-0.25, -0.2) is 9.48 Å². The van der Waals surface area contributed by atoms with Crippen LogP contribution in [0, 0.1) is 3.95 Å². The van der Waals surface area contributed by atoms with Gasteiger partial charge in [0.25, 0.3) is 11.8 Å². The fraction of sp³-hybridized carbons (Fsp3) is 0.0556. The Labute approximate surface area is 172 Å². The SMILES string of the molecule is CSc1nn(-c2ccc(C(=O)ON3C(=O)c4ccccc4C3=O)cc2)c(=S)s1. The molecule has 2 amide bonds. The third kappa shape index (κ3) is 3.15. The molecule has 1 aliphatic heterocycles. The normalized spacial score (nSPS) is 13.0. The van der Waals surface area contributed by atoms with Crippen molar-refractivity contribution in [3.63, 3.8) is 0 Å². The summed E-state index contributed by atoms with van der Waals surface area (Å²) < 4.78 is 3.02. The van der Waals surface area contributed by atoms with E-state index in [1.165, 1.54) is 47.4 Å². The van der Waals surface area contributed by atoms with Gasteiger partial charge in [0.05, 0.1) is 22.4 Å². The molecule has 28 heavy (non-hydrogen) atoms. The second-order valence-electron chi connectivity index (χ2n) is 5.63. The molecule has 0 spiro atoms. The topological polar surface area (TPSA) is 81.5 Å². The monoisotopic (exact) mass is 429 g/mol. The van der Waals surface area contributed by atoms with E-state index >= 15 is 0 Å². The number of thioether (sulfide) groups is 1. The first kappa shape index (κ1) is 18.5. The van der Waals surface area contributed by atoms with E-state index in [0.29, 0.717) is 14.7 Å². The number of hydrogen-bond donors (Lipinski definition) is 0. The van der Waals surface area contributed by atoms with Gasteiger partial charge < -0.3 is 4.84 Å². The molecule has 0 saturated heterocycles. The summed E-state index contributed by atoms with van der Waals surface area (Å²) in [5, 5.41) is 4.87. The van der Waals surface area contributed by atoms with E-state index in [9.17, 15) is 14.4 Å². The Morgan fingerprint density at radius 2 is 1.68 bits per heavy atom. The van der Waals surface area contributed by atoms with Gasteiger partial charge in [-0.05, 0) is 54.9 Å². The number of carbonyl (C=O) groups excluding carboxylic acids is 3. The number of nitrogens with zero attached hydrogens (tertiary/aromatic N) is 3. The quantitative estimate of drug-likeness (QED) is 0.355. The third-order valence-electron chi connectivity index (χ3n) is 3.98. The molecular formula is C18H11N3O4S3. The maximum Gasteiger partial charge on any atom is 0.363 e. The Balaban J connectivity index is 1.53. The Morgan fingerprint density at radius 1 is 1.07 bits per heavy atom. The van der Waals surface area contributed by atoms with Crippen molar-refractivity contribution in [3.05, 3.63) is 69.2 Å². The second kappa shape index (κ2) is 7.30. The summed E-state index contributed by atoms with van der Waals surface area (Å²) in [6.07, 6.45) is 1.91. The maximum atomic E-state index is 12.4. The number of imide groups is 1. The average Bonchev–Trinajstić information content (AvgIpc) is 3.21. The van der Waals surface area contributed by atoms with Gasteiger partial charge in [0, 0.05) is 0 Å². The van der Waals surface area contributed by atoms with Crippen LogP contribution in [0.2, 0.25) is 0 Å². The predicted molar refractivity (Wildman–Crippen MR) is 106 cm³/mol. The van der Waals surface area contributed by atoms with E-state index in [1.807, 2.05) is 6.26 Å². The molecule has 0 fully saturated rings. The van der Waals surface area contributed by atoms with Crippen LogP contribution in [0.3, 0.4) is 0 Å². The number of aromatic nitrogens is 2. The minimum absolute atomic E-state index is 0.187. The van der Waals surface area contributed by atoms with Gasteiger partial charge >= 0.3 is 5.97 Å². The van der Waals surface area contributed by atoms with Crippen LogP contribution in [0.15, 0.2) is 52.9 Å². The van der Waals surface area contributed by atoms with E-state index in [4.69, 9.17) is 17.1 Å². The fourth-order valence-electron chi connectivity index (χ4n) is 2.63. The van der Waals surface area contributed by atoms with Crippen LogP contribution < -0.4 is 0 Å². The zero-order valence-corrected chi connectivity index (χ0v) is 16.8. The lowest BCUT2D eigenvalue weighted by molar-refractivity contribution is -0.0584. The summed E-state index contributed by atoms with van der Waals surface area (Å²) in [4.78, 5) is 42.0.